The van der Waals surface area contributed by atoms with Crippen LogP contribution in [0.2, 0.25) is 0 Å². The molecule has 0 saturated carbocycles. The summed E-state index contributed by atoms with van der Waals surface area (Å²) < 4.78 is 5.89. The fraction of sp³-hybridized carbons (Fsp3) is 0. The lowest BCUT2D eigenvalue weighted by Crippen LogP contribution is -2.16. The van der Waals surface area contributed by atoms with Crippen LogP contribution in [0.1, 0.15) is 0 Å². The Hall–Kier alpha value is -2.21. The Morgan fingerprint density at radius 1 is 1.18 bits per heavy atom. The van der Waals surface area contributed by atoms with E-state index in [9.17, 15) is 4.79 Å². The number of hydrogen-bond acceptors (Lipinski definition) is 5. The molecule has 0 atom stereocenters. The fourth-order valence-electron chi connectivity index (χ4n) is 1.62. The third-order valence-corrected chi connectivity index (χ3v) is 3.21. The average Bonchev–Trinajstić information content (AvgIpc) is 2.80. The SMILES string of the molecule is Nc1ccc(-n2ccc3nnsc3c2=O)cc1. The molecule has 0 aliphatic rings. The third kappa shape index (κ3) is 1.58. The van der Waals surface area contributed by atoms with Crippen molar-refractivity contribution in [3.8, 4) is 5.69 Å². The van der Waals surface area contributed by atoms with Crippen molar-refractivity contribution in [2.45, 2.75) is 0 Å². The quantitative estimate of drug-likeness (QED) is 0.657. The first-order chi connectivity index (χ1) is 8.25. The summed E-state index contributed by atoms with van der Waals surface area (Å²) in [5.74, 6) is 0. The summed E-state index contributed by atoms with van der Waals surface area (Å²) in [4.78, 5) is 12.1. The monoisotopic (exact) mass is 244 g/mol. The van der Waals surface area contributed by atoms with Gasteiger partial charge in [0.1, 0.15) is 10.2 Å². The van der Waals surface area contributed by atoms with Crippen molar-refractivity contribution in [1.82, 2.24) is 14.2 Å². The minimum absolute atomic E-state index is 0.109. The molecular formula is C11H8N4OS. The molecule has 0 aliphatic carbocycles. The van der Waals surface area contributed by atoms with Crippen LogP contribution in [0.25, 0.3) is 15.9 Å². The molecule has 0 bridgehead atoms. The van der Waals surface area contributed by atoms with E-state index in [-0.39, 0.29) is 5.56 Å². The van der Waals surface area contributed by atoms with Gasteiger partial charge >= 0.3 is 0 Å². The molecule has 0 spiro atoms. The molecule has 1 aromatic carbocycles. The molecule has 0 saturated heterocycles. The zero-order valence-electron chi connectivity index (χ0n) is 8.70. The van der Waals surface area contributed by atoms with E-state index in [4.69, 9.17) is 5.73 Å². The van der Waals surface area contributed by atoms with E-state index in [2.05, 4.69) is 9.59 Å². The number of pyridine rings is 1. The van der Waals surface area contributed by atoms with E-state index in [1.165, 1.54) is 0 Å². The first-order valence-electron chi connectivity index (χ1n) is 4.95. The van der Waals surface area contributed by atoms with E-state index in [1.54, 1.807) is 41.1 Å². The molecule has 2 aromatic heterocycles. The van der Waals surface area contributed by atoms with Gasteiger partial charge in [-0.1, -0.05) is 4.49 Å². The van der Waals surface area contributed by atoms with Gasteiger partial charge in [-0.05, 0) is 41.9 Å². The minimum Gasteiger partial charge on any atom is -0.399 e. The molecule has 0 unspecified atom stereocenters. The zero-order chi connectivity index (χ0) is 11.8. The predicted octanol–water partition coefficient (Wildman–Crippen LogP) is 1.42. The largest absolute Gasteiger partial charge is 0.399 e. The molecule has 0 amide bonds. The Morgan fingerprint density at radius 3 is 2.71 bits per heavy atom. The minimum atomic E-state index is -0.109. The highest BCUT2D eigenvalue weighted by Gasteiger charge is 2.07. The molecule has 0 aliphatic heterocycles. The molecular weight excluding hydrogens is 236 g/mol. The second-order valence-corrected chi connectivity index (χ2v) is 4.32. The number of nitrogens with zero attached hydrogens (tertiary/aromatic N) is 3. The van der Waals surface area contributed by atoms with Crippen LogP contribution in [0, 0.1) is 0 Å². The van der Waals surface area contributed by atoms with E-state index in [0.29, 0.717) is 15.9 Å². The van der Waals surface area contributed by atoms with Gasteiger partial charge in [0, 0.05) is 17.6 Å². The number of hydrogen-bond donors (Lipinski definition) is 1. The number of benzene rings is 1. The topological polar surface area (TPSA) is 73.8 Å². The molecule has 6 heteroatoms. The molecule has 17 heavy (non-hydrogen) atoms. The zero-order valence-corrected chi connectivity index (χ0v) is 9.52. The van der Waals surface area contributed by atoms with Gasteiger partial charge in [-0.2, -0.15) is 0 Å². The van der Waals surface area contributed by atoms with Crippen molar-refractivity contribution in [2.24, 2.45) is 0 Å². The smallest absolute Gasteiger partial charge is 0.276 e. The normalized spacial score (nSPS) is 10.8. The van der Waals surface area contributed by atoms with Gasteiger partial charge in [0.05, 0.1) is 0 Å². The van der Waals surface area contributed by atoms with Crippen molar-refractivity contribution in [3.63, 3.8) is 0 Å². The second-order valence-electron chi connectivity index (χ2n) is 3.57. The average molecular weight is 244 g/mol. The fourth-order valence-corrected chi connectivity index (χ4v) is 2.20. The lowest BCUT2D eigenvalue weighted by Gasteiger charge is -2.04. The van der Waals surface area contributed by atoms with Crippen LogP contribution in [-0.2, 0) is 0 Å². The van der Waals surface area contributed by atoms with Crippen LogP contribution in [0.4, 0.5) is 5.69 Å². The number of nitrogen functional groups attached to an aromatic ring is 1. The highest BCUT2D eigenvalue weighted by molar-refractivity contribution is 7.12. The van der Waals surface area contributed by atoms with E-state index in [0.717, 1.165) is 17.2 Å². The number of rotatable bonds is 1. The third-order valence-electron chi connectivity index (χ3n) is 2.48. The molecule has 5 nitrogen and oxygen atoms in total. The number of fused-ring (bicyclic) bond motifs is 1. The van der Waals surface area contributed by atoms with Gasteiger partial charge in [-0.25, -0.2) is 0 Å². The van der Waals surface area contributed by atoms with Gasteiger partial charge in [0.15, 0.2) is 0 Å². The summed E-state index contributed by atoms with van der Waals surface area (Å²) in [5.41, 5.74) is 7.58. The Kier molecular flexibility index (Phi) is 2.15. The maximum absolute atomic E-state index is 12.1. The van der Waals surface area contributed by atoms with Crippen LogP contribution in [0.5, 0.6) is 0 Å². The maximum atomic E-state index is 12.1. The number of anilines is 1. The molecule has 2 N–H and O–H groups in total. The molecule has 0 radical (unpaired) electrons. The Balaban J connectivity index is 2.27. The Labute approximate surface area is 100 Å². The molecule has 84 valence electrons. The van der Waals surface area contributed by atoms with Crippen LogP contribution >= 0.6 is 11.5 Å². The summed E-state index contributed by atoms with van der Waals surface area (Å²) in [6.07, 6.45) is 1.69. The van der Waals surface area contributed by atoms with Crippen molar-refractivity contribution in [2.75, 3.05) is 5.73 Å². The highest BCUT2D eigenvalue weighted by atomic mass is 32.1. The second kappa shape index (κ2) is 3.67. The van der Waals surface area contributed by atoms with Crippen molar-refractivity contribution < 1.29 is 0 Å². The highest BCUT2D eigenvalue weighted by Crippen LogP contribution is 2.13. The lowest BCUT2D eigenvalue weighted by molar-refractivity contribution is 1.01. The summed E-state index contributed by atoms with van der Waals surface area (Å²) >= 11 is 1.11. The van der Waals surface area contributed by atoms with Crippen LogP contribution in [0.15, 0.2) is 41.3 Å². The van der Waals surface area contributed by atoms with Crippen LogP contribution in [-0.4, -0.2) is 14.2 Å². The summed E-state index contributed by atoms with van der Waals surface area (Å²) in [7, 11) is 0. The maximum Gasteiger partial charge on any atom is 0.276 e. The van der Waals surface area contributed by atoms with Crippen LogP contribution < -0.4 is 11.3 Å². The summed E-state index contributed by atoms with van der Waals surface area (Å²) in [6, 6.07) is 8.90. The van der Waals surface area contributed by atoms with E-state index in [1.807, 2.05) is 0 Å². The number of aromatic nitrogens is 3. The molecule has 3 aromatic rings. The van der Waals surface area contributed by atoms with E-state index < -0.39 is 0 Å². The van der Waals surface area contributed by atoms with Gasteiger partial charge in [-0.15, -0.1) is 5.10 Å². The standard InChI is InChI=1S/C11H8N4OS/c12-7-1-3-8(4-2-7)15-6-5-9-10(11(15)16)17-14-13-9/h1-6H,12H2. The Morgan fingerprint density at radius 2 is 1.94 bits per heavy atom. The van der Waals surface area contributed by atoms with Crippen molar-refractivity contribution in [1.29, 1.82) is 0 Å². The number of nitrogens with two attached hydrogens (primary N) is 1. The van der Waals surface area contributed by atoms with Gasteiger partial charge < -0.3 is 5.73 Å². The summed E-state index contributed by atoms with van der Waals surface area (Å²) in [5, 5.41) is 3.86. The van der Waals surface area contributed by atoms with Gasteiger partial charge in [0.25, 0.3) is 5.56 Å². The summed E-state index contributed by atoms with van der Waals surface area (Å²) in [6.45, 7) is 0. The lowest BCUT2D eigenvalue weighted by atomic mass is 10.3. The van der Waals surface area contributed by atoms with Gasteiger partial charge in [-0.3, -0.25) is 9.36 Å². The molecule has 0 fully saturated rings. The Bertz CT molecular complexity index is 729. The molecule has 3 rings (SSSR count). The van der Waals surface area contributed by atoms with Crippen LogP contribution in [0.3, 0.4) is 0 Å². The first kappa shape index (κ1) is 9.98. The van der Waals surface area contributed by atoms with E-state index >= 15 is 0 Å². The van der Waals surface area contributed by atoms with Crippen molar-refractivity contribution in [3.05, 3.63) is 46.9 Å². The van der Waals surface area contributed by atoms with Gasteiger partial charge in [0.2, 0.25) is 0 Å². The molecule has 2 heterocycles. The predicted molar refractivity (Wildman–Crippen MR) is 67.4 cm³/mol. The first-order valence-corrected chi connectivity index (χ1v) is 5.73. The van der Waals surface area contributed by atoms with Crippen molar-refractivity contribution >= 4 is 27.4 Å².